The molecule has 0 unspecified atom stereocenters. The van der Waals surface area contributed by atoms with Crippen LogP contribution in [0.2, 0.25) is 0 Å². The van der Waals surface area contributed by atoms with Crippen LogP contribution < -0.4 is 5.32 Å². The third-order valence-electron chi connectivity index (χ3n) is 6.71. The standard InChI is InChI=1S/C20H20ClF3N4O/c21-19-7-12-3-13(8-19)6-18(5-12,9-19)17(29)27-15-4-14(20(22,23)24)1-2-16(15)28-11-25-10-26-28/h1-2,4,10-13H,3,5-9H2,(H,27,29)/t12-,13-,18?,19?/m1/s1. The first-order valence-corrected chi connectivity index (χ1v) is 10.1. The Hall–Kier alpha value is -2.09. The van der Waals surface area contributed by atoms with Crippen LogP contribution in [-0.4, -0.2) is 25.5 Å². The van der Waals surface area contributed by atoms with Crippen LogP contribution in [0.5, 0.6) is 0 Å². The highest BCUT2D eigenvalue weighted by Crippen LogP contribution is 2.64. The van der Waals surface area contributed by atoms with Gasteiger partial charge in [-0.2, -0.15) is 18.3 Å². The number of nitrogens with one attached hydrogen (secondary N) is 1. The Bertz CT molecular complexity index is 945. The first-order chi connectivity index (χ1) is 13.7. The van der Waals surface area contributed by atoms with Crippen molar-refractivity contribution < 1.29 is 18.0 Å². The fourth-order valence-corrected chi connectivity index (χ4v) is 6.71. The zero-order valence-corrected chi connectivity index (χ0v) is 16.3. The fraction of sp³-hybridized carbons (Fsp3) is 0.550. The first-order valence-electron chi connectivity index (χ1n) is 9.73. The molecule has 5 nitrogen and oxygen atoms in total. The Labute approximate surface area is 170 Å². The van der Waals surface area contributed by atoms with Gasteiger partial charge in [0.05, 0.1) is 22.4 Å². The summed E-state index contributed by atoms with van der Waals surface area (Å²) < 4.78 is 41.2. The zero-order chi connectivity index (χ0) is 20.4. The highest BCUT2D eigenvalue weighted by atomic mass is 35.5. The summed E-state index contributed by atoms with van der Waals surface area (Å²) in [6.07, 6.45) is 3.19. The van der Waals surface area contributed by atoms with Crippen molar-refractivity contribution in [1.29, 1.82) is 0 Å². The van der Waals surface area contributed by atoms with Crippen LogP contribution in [-0.2, 0) is 11.0 Å². The number of aromatic nitrogens is 3. The van der Waals surface area contributed by atoms with E-state index >= 15 is 0 Å². The van der Waals surface area contributed by atoms with E-state index < -0.39 is 17.2 Å². The van der Waals surface area contributed by atoms with Gasteiger partial charge in [0, 0.05) is 4.87 Å². The SMILES string of the molecule is O=C(Nc1cc(C(F)(F)F)ccc1-n1cncn1)C12C[C@H]3C[C@@H](CC(Cl)(C3)C1)C2. The molecular weight excluding hydrogens is 405 g/mol. The smallest absolute Gasteiger partial charge is 0.324 e. The maximum atomic E-state index is 13.4. The average Bonchev–Trinajstić information content (AvgIpc) is 3.13. The molecule has 1 N–H and O–H groups in total. The summed E-state index contributed by atoms with van der Waals surface area (Å²) in [5.74, 6) is 0.587. The third-order valence-corrected chi connectivity index (χ3v) is 7.15. The Kier molecular flexibility index (Phi) is 4.04. The first kappa shape index (κ1) is 18.9. The fourth-order valence-electron chi connectivity index (χ4n) is 6.02. The number of anilines is 1. The van der Waals surface area contributed by atoms with Crippen molar-refractivity contribution in [2.75, 3.05) is 5.32 Å². The Balaban J connectivity index is 1.50. The predicted molar refractivity (Wildman–Crippen MR) is 101 cm³/mol. The monoisotopic (exact) mass is 424 g/mol. The highest BCUT2D eigenvalue weighted by molar-refractivity contribution is 6.24. The number of rotatable bonds is 3. The molecule has 0 saturated heterocycles. The number of nitrogens with zero attached hydrogens (tertiary/aromatic N) is 3. The molecule has 0 radical (unpaired) electrons. The molecule has 1 aromatic heterocycles. The highest BCUT2D eigenvalue weighted by Gasteiger charge is 2.60. The summed E-state index contributed by atoms with van der Waals surface area (Å²) in [7, 11) is 0. The number of hydrogen-bond acceptors (Lipinski definition) is 3. The number of hydrogen-bond donors (Lipinski definition) is 1. The maximum Gasteiger partial charge on any atom is 0.416 e. The van der Waals surface area contributed by atoms with Crippen molar-refractivity contribution in [3.8, 4) is 5.69 Å². The second-order valence-electron chi connectivity index (χ2n) is 8.92. The number of carbonyl (C=O) groups excluding carboxylic acids is 1. The minimum Gasteiger partial charge on any atom is -0.324 e. The van der Waals surface area contributed by atoms with Crippen LogP contribution in [0.25, 0.3) is 5.69 Å². The molecule has 6 rings (SSSR count). The van der Waals surface area contributed by atoms with Gasteiger partial charge in [-0.1, -0.05) is 0 Å². The van der Waals surface area contributed by atoms with Gasteiger partial charge in [-0.05, 0) is 68.6 Å². The van der Waals surface area contributed by atoms with E-state index in [1.54, 1.807) is 0 Å². The Morgan fingerprint density at radius 2 is 1.93 bits per heavy atom. The molecule has 4 aliphatic carbocycles. The summed E-state index contributed by atoms with van der Waals surface area (Å²) in [6, 6.07) is 3.24. The third kappa shape index (κ3) is 3.21. The zero-order valence-electron chi connectivity index (χ0n) is 15.5. The average molecular weight is 425 g/mol. The maximum absolute atomic E-state index is 13.4. The van der Waals surface area contributed by atoms with Gasteiger partial charge in [-0.15, -0.1) is 11.6 Å². The molecule has 4 bridgehead atoms. The molecule has 4 aliphatic rings. The number of carbonyl (C=O) groups is 1. The number of amides is 1. The van der Waals surface area contributed by atoms with Gasteiger partial charge >= 0.3 is 6.18 Å². The molecule has 2 atom stereocenters. The van der Waals surface area contributed by atoms with E-state index in [4.69, 9.17) is 11.6 Å². The summed E-state index contributed by atoms with van der Waals surface area (Å²) in [5, 5.41) is 6.80. The summed E-state index contributed by atoms with van der Waals surface area (Å²) in [5.41, 5.74) is -1.01. The summed E-state index contributed by atoms with van der Waals surface area (Å²) in [4.78, 5) is 16.9. The summed E-state index contributed by atoms with van der Waals surface area (Å²) in [6.45, 7) is 0. The van der Waals surface area contributed by atoms with E-state index in [2.05, 4.69) is 15.4 Å². The summed E-state index contributed by atoms with van der Waals surface area (Å²) >= 11 is 6.81. The molecule has 0 spiro atoms. The van der Waals surface area contributed by atoms with Gasteiger partial charge in [-0.3, -0.25) is 4.79 Å². The lowest BCUT2D eigenvalue weighted by atomic mass is 9.49. The van der Waals surface area contributed by atoms with Gasteiger partial charge < -0.3 is 5.32 Å². The predicted octanol–water partition coefficient (Wildman–Crippen LogP) is 4.80. The molecule has 29 heavy (non-hydrogen) atoms. The van der Waals surface area contributed by atoms with Gasteiger partial charge in [0.2, 0.25) is 5.91 Å². The Morgan fingerprint density at radius 3 is 2.52 bits per heavy atom. The molecular formula is C20H20ClF3N4O. The number of halogens is 4. The minimum absolute atomic E-state index is 0.0784. The van der Waals surface area contributed by atoms with Gasteiger partial charge in [0.25, 0.3) is 0 Å². The molecule has 1 heterocycles. The van der Waals surface area contributed by atoms with E-state index in [1.807, 2.05) is 0 Å². The molecule has 4 fully saturated rings. The lowest BCUT2D eigenvalue weighted by Crippen LogP contribution is -2.57. The van der Waals surface area contributed by atoms with Crippen molar-refractivity contribution in [2.45, 2.75) is 49.6 Å². The van der Waals surface area contributed by atoms with Gasteiger partial charge in [-0.25, -0.2) is 9.67 Å². The number of alkyl halides is 4. The normalized spacial score (nSPS) is 33.1. The molecule has 1 aromatic carbocycles. The van der Waals surface area contributed by atoms with Crippen LogP contribution in [0.3, 0.4) is 0 Å². The lowest BCUT2D eigenvalue weighted by Gasteiger charge is -2.59. The topological polar surface area (TPSA) is 59.8 Å². The van der Waals surface area contributed by atoms with E-state index in [0.29, 0.717) is 23.9 Å². The number of benzene rings is 1. The molecule has 0 aliphatic heterocycles. The van der Waals surface area contributed by atoms with Crippen LogP contribution in [0.4, 0.5) is 18.9 Å². The second kappa shape index (κ2) is 6.20. The molecule has 154 valence electrons. The van der Waals surface area contributed by atoms with Gasteiger partial charge in [0.15, 0.2) is 0 Å². The largest absolute Gasteiger partial charge is 0.416 e. The van der Waals surface area contributed by atoms with Crippen molar-refractivity contribution in [3.63, 3.8) is 0 Å². The van der Waals surface area contributed by atoms with Crippen LogP contribution in [0.15, 0.2) is 30.9 Å². The minimum atomic E-state index is -4.51. The van der Waals surface area contributed by atoms with Crippen molar-refractivity contribution in [2.24, 2.45) is 17.3 Å². The van der Waals surface area contributed by atoms with E-state index in [1.165, 1.54) is 23.4 Å². The van der Waals surface area contributed by atoms with Crippen molar-refractivity contribution in [1.82, 2.24) is 14.8 Å². The van der Waals surface area contributed by atoms with Crippen LogP contribution >= 0.6 is 11.6 Å². The second-order valence-corrected chi connectivity index (χ2v) is 9.72. The van der Waals surface area contributed by atoms with E-state index in [-0.39, 0.29) is 16.5 Å². The molecule has 2 aromatic rings. The Morgan fingerprint density at radius 1 is 1.21 bits per heavy atom. The molecule has 4 saturated carbocycles. The quantitative estimate of drug-likeness (QED) is 0.720. The molecule has 1 amide bonds. The molecule has 9 heteroatoms. The van der Waals surface area contributed by atoms with Crippen molar-refractivity contribution >= 4 is 23.2 Å². The van der Waals surface area contributed by atoms with E-state index in [0.717, 1.165) is 44.2 Å². The van der Waals surface area contributed by atoms with E-state index in [9.17, 15) is 18.0 Å². The van der Waals surface area contributed by atoms with Crippen LogP contribution in [0, 0.1) is 17.3 Å². The van der Waals surface area contributed by atoms with Crippen LogP contribution in [0.1, 0.15) is 44.1 Å². The lowest BCUT2D eigenvalue weighted by molar-refractivity contribution is -0.139. The van der Waals surface area contributed by atoms with Gasteiger partial charge in [0.1, 0.15) is 12.7 Å². The van der Waals surface area contributed by atoms with Crippen molar-refractivity contribution in [3.05, 3.63) is 36.4 Å².